The number of hydrogen-bond donors (Lipinski definition) is 1. The van der Waals surface area contributed by atoms with Crippen LogP contribution < -0.4 is 5.32 Å². The molecule has 3 heteroatoms. The highest BCUT2D eigenvalue weighted by molar-refractivity contribution is 6.30. The van der Waals surface area contributed by atoms with E-state index in [1.165, 1.54) is 5.56 Å². The van der Waals surface area contributed by atoms with Crippen molar-refractivity contribution in [3.05, 3.63) is 70.2 Å². The molecular formula is C16H16ClNO. The number of rotatable bonds is 3. The van der Waals surface area contributed by atoms with E-state index >= 15 is 0 Å². The lowest BCUT2D eigenvalue weighted by Gasteiger charge is -2.14. The van der Waals surface area contributed by atoms with Crippen LogP contribution in [0.25, 0.3) is 0 Å². The summed E-state index contributed by atoms with van der Waals surface area (Å²) in [6.45, 7) is 4.01. The number of carbonyl (C=O) groups excluding carboxylic acids is 1. The first-order valence-electron chi connectivity index (χ1n) is 6.19. The Hall–Kier alpha value is -1.80. The molecule has 0 aliphatic heterocycles. The van der Waals surface area contributed by atoms with E-state index in [-0.39, 0.29) is 11.9 Å². The molecule has 0 aromatic heterocycles. The van der Waals surface area contributed by atoms with Gasteiger partial charge < -0.3 is 5.32 Å². The monoisotopic (exact) mass is 273 g/mol. The topological polar surface area (TPSA) is 29.1 Å². The molecule has 0 aliphatic rings. The lowest BCUT2D eigenvalue weighted by Crippen LogP contribution is -2.26. The maximum Gasteiger partial charge on any atom is 0.251 e. The minimum Gasteiger partial charge on any atom is -0.346 e. The van der Waals surface area contributed by atoms with Crippen LogP contribution in [-0.4, -0.2) is 5.91 Å². The van der Waals surface area contributed by atoms with Gasteiger partial charge in [-0.2, -0.15) is 0 Å². The number of benzene rings is 2. The fourth-order valence-electron chi connectivity index (χ4n) is 1.82. The summed E-state index contributed by atoms with van der Waals surface area (Å²) >= 11 is 5.80. The van der Waals surface area contributed by atoms with E-state index in [4.69, 9.17) is 11.6 Å². The lowest BCUT2D eigenvalue weighted by molar-refractivity contribution is 0.0940. The molecule has 98 valence electrons. The van der Waals surface area contributed by atoms with Crippen molar-refractivity contribution in [2.45, 2.75) is 19.9 Å². The molecule has 1 unspecified atom stereocenters. The summed E-state index contributed by atoms with van der Waals surface area (Å²) in [6.07, 6.45) is 0. The second-order valence-electron chi connectivity index (χ2n) is 4.61. The smallest absolute Gasteiger partial charge is 0.251 e. The van der Waals surface area contributed by atoms with Gasteiger partial charge in [-0.15, -0.1) is 0 Å². The summed E-state index contributed by atoms with van der Waals surface area (Å²) in [6, 6.07) is 15.0. The Bertz CT molecular complexity index is 560. The van der Waals surface area contributed by atoms with Crippen LogP contribution in [0.5, 0.6) is 0 Å². The van der Waals surface area contributed by atoms with Gasteiger partial charge in [-0.25, -0.2) is 0 Å². The van der Waals surface area contributed by atoms with Crippen LogP contribution >= 0.6 is 11.6 Å². The maximum absolute atomic E-state index is 12.1. The van der Waals surface area contributed by atoms with E-state index in [0.29, 0.717) is 10.6 Å². The molecule has 0 saturated carbocycles. The first-order chi connectivity index (χ1) is 9.06. The predicted octanol–water partition coefficient (Wildman–Crippen LogP) is 4.14. The van der Waals surface area contributed by atoms with Gasteiger partial charge in [-0.05, 0) is 43.7 Å². The third-order valence-electron chi connectivity index (χ3n) is 3.03. The number of amides is 1. The summed E-state index contributed by atoms with van der Waals surface area (Å²) < 4.78 is 0. The first kappa shape index (κ1) is 13.6. The van der Waals surface area contributed by atoms with Crippen molar-refractivity contribution in [3.63, 3.8) is 0 Å². The highest BCUT2D eigenvalue weighted by Gasteiger charge is 2.10. The normalized spacial score (nSPS) is 11.9. The minimum absolute atomic E-state index is 0.0243. The highest BCUT2D eigenvalue weighted by Crippen LogP contribution is 2.15. The third kappa shape index (κ3) is 3.58. The molecular weight excluding hydrogens is 258 g/mol. The van der Waals surface area contributed by atoms with Gasteiger partial charge >= 0.3 is 0 Å². The van der Waals surface area contributed by atoms with E-state index in [1.54, 1.807) is 24.3 Å². The molecule has 0 heterocycles. The zero-order valence-corrected chi connectivity index (χ0v) is 11.7. The standard InChI is InChI=1S/C16H16ClNO/c1-11-3-5-13(6-4-11)12(2)18-16(19)14-7-9-15(17)10-8-14/h3-10,12H,1-2H3,(H,18,19). The molecule has 0 saturated heterocycles. The van der Waals surface area contributed by atoms with Crippen LogP contribution in [0.3, 0.4) is 0 Å². The molecule has 1 atom stereocenters. The Labute approximate surface area is 118 Å². The molecule has 0 spiro atoms. The molecule has 0 bridgehead atoms. The Morgan fingerprint density at radius 1 is 1.05 bits per heavy atom. The van der Waals surface area contributed by atoms with Gasteiger partial charge in [0.05, 0.1) is 6.04 Å². The van der Waals surface area contributed by atoms with Crippen LogP contribution in [0.2, 0.25) is 5.02 Å². The summed E-state index contributed by atoms with van der Waals surface area (Å²) in [5.41, 5.74) is 2.91. The van der Waals surface area contributed by atoms with Crippen molar-refractivity contribution < 1.29 is 4.79 Å². The molecule has 0 radical (unpaired) electrons. The number of nitrogens with one attached hydrogen (secondary N) is 1. The molecule has 0 aliphatic carbocycles. The van der Waals surface area contributed by atoms with E-state index in [2.05, 4.69) is 5.32 Å². The number of halogens is 1. The van der Waals surface area contributed by atoms with E-state index in [0.717, 1.165) is 5.56 Å². The molecule has 1 N–H and O–H groups in total. The van der Waals surface area contributed by atoms with Gasteiger partial charge in [-0.1, -0.05) is 41.4 Å². The minimum atomic E-state index is -0.0928. The van der Waals surface area contributed by atoms with Gasteiger partial charge in [-0.3, -0.25) is 4.79 Å². The van der Waals surface area contributed by atoms with Crippen LogP contribution in [0.4, 0.5) is 0 Å². The molecule has 2 rings (SSSR count). The summed E-state index contributed by atoms with van der Waals surface area (Å²) in [5, 5.41) is 3.60. The van der Waals surface area contributed by atoms with Crippen molar-refractivity contribution in [1.82, 2.24) is 5.32 Å². The molecule has 2 aromatic rings. The largest absolute Gasteiger partial charge is 0.346 e. The molecule has 1 amide bonds. The van der Waals surface area contributed by atoms with Gasteiger partial charge in [0.1, 0.15) is 0 Å². The van der Waals surface area contributed by atoms with Crippen molar-refractivity contribution >= 4 is 17.5 Å². The summed E-state index contributed by atoms with van der Waals surface area (Å²) in [4.78, 5) is 12.1. The second kappa shape index (κ2) is 5.89. The summed E-state index contributed by atoms with van der Waals surface area (Å²) in [7, 11) is 0. The zero-order valence-electron chi connectivity index (χ0n) is 11.0. The molecule has 2 nitrogen and oxygen atoms in total. The number of aryl methyl sites for hydroxylation is 1. The SMILES string of the molecule is Cc1ccc(C(C)NC(=O)c2ccc(Cl)cc2)cc1. The number of carbonyl (C=O) groups is 1. The lowest BCUT2D eigenvalue weighted by atomic mass is 10.1. The van der Waals surface area contributed by atoms with Crippen LogP contribution in [0.15, 0.2) is 48.5 Å². The van der Waals surface area contributed by atoms with Gasteiger partial charge in [0.15, 0.2) is 0 Å². The Morgan fingerprint density at radius 3 is 2.21 bits per heavy atom. The van der Waals surface area contributed by atoms with Crippen molar-refractivity contribution in [2.24, 2.45) is 0 Å². The third-order valence-corrected chi connectivity index (χ3v) is 3.28. The Morgan fingerprint density at radius 2 is 1.63 bits per heavy atom. The molecule has 0 fully saturated rings. The maximum atomic E-state index is 12.1. The van der Waals surface area contributed by atoms with E-state index < -0.39 is 0 Å². The average Bonchev–Trinajstić information content (AvgIpc) is 2.40. The van der Waals surface area contributed by atoms with Gasteiger partial charge in [0.25, 0.3) is 5.91 Å². The Balaban J connectivity index is 2.06. The zero-order chi connectivity index (χ0) is 13.8. The van der Waals surface area contributed by atoms with Gasteiger partial charge in [0.2, 0.25) is 0 Å². The number of hydrogen-bond acceptors (Lipinski definition) is 1. The van der Waals surface area contributed by atoms with Crippen molar-refractivity contribution in [3.8, 4) is 0 Å². The van der Waals surface area contributed by atoms with Crippen LogP contribution in [0, 0.1) is 6.92 Å². The van der Waals surface area contributed by atoms with E-state index in [9.17, 15) is 4.79 Å². The average molecular weight is 274 g/mol. The van der Waals surface area contributed by atoms with Crippen LogP contribution in [0.1, 0.15) is 34.5 Å². The quantitative estimate of drug-likeness (QED) is 0.895. The van der Waals surface area contributed by atoms with Crippen LogP contribution in [-0.2, 0) is 0 Å². The van der Waals surface area contributed by atoms with E-state index in [1.807, 2.05) is 38.1 Å². The molecule has 19 heavy (non-hydrogen) atoms. The fraction of sp³-hybridized carbons (Fsp3) is 0.188. The van der Waals surface area contributed by atoms with Crippen molar-refractivity contribution in [2.75, 3.05) is 0 Å². The highest BCUT2D eigenvalue weighted by atomic mass is 35.5. The predicted molar refractivity (Wildman–Crippen MR) is 78.5 cm³/mol. The second-order valence-corrected chi connectivity index (χ2v) is 5.05. The Kier molecular flexibility index (Phi) is 4.23. The van der Waals surface area contributed by atoms with Crippen molar-refractivity contribution in [1.29, 1.82) is 0 Å². The fourth-order valence-corrected chi connectivity index (χ4v) is 1.95. The first-order valence-corrected chi connectivity index (χ1v) is 6.57. The molecule has 2 aromatic carbocycles. The van der Waals surface area contributed by atoms with Gasteiger partial charge in [0, 0.05) is 10.6 Å². The summed E-state index contributed by atoms with van der Waals surface area (Å²) in [5.74, 6) is -0.0928.